The molecule has 6 heteroatoms. The first-order valence-electron chi connectivity index (χ1n) is 6.62. The molecule has 1 amide bonds. The van der Waals surface area contributed by atoms with E-state index in [1.165, 1.54) is 12.1 Å². The number of nitrogens with zero attached hydrogens (tertiary/aromatic N) is 1. The standard InChI is InChI=1S/C15H13F2N3O/c16-10-3-1-4-11(17)14(10)20-15(21)12-5-2-6-13(19-12)18-9-7-8-9/h1-6,9H,7-8H2,(H,18,19)(H,20,21). The number of hydrogen-bond donors (Lipinski definition) is 2. The third-order valence-electron chi connectivity index (χ3n) is 3.11. The van der Waals surface area contributed by atoms with Crippen LogP contribution in [0.4, 0.5) is 20.3 Å². The molecular formula is C15H13F2N3O. The molecule has 1 fully saturated rings. The van der Waals surface area contributed by atoms with E-state index in [1.807, 2.05) is 0 Å². The lowest BCUT2D eigenvalue weighted by molar-refractivity contribution is 0.102. The Morgan fingerprint density at radius 2 is 1.76 bits per heavy atom. The van der Waals surface area contributed by atoms with Crippen LogP contribution in [0.2, 0.25) is 0 Å². The van der Waals surface area contributed by atoms with Crippen LogP contribution in [0, 0.1) is 11.6 Å². The molecule has 108 valence electrons. The zero-order valence-corrected chi connectivity index (χ0v) is 11.1. The highest BCUT2D eigenvalue weighted by atomic mass is 19.1. The summed E-state index contributed by atoms with van der Waals surface area (Å²) in [5, 5.41) is 5.37. The number of nitrogens with one attached hydrogen (secondary N) is 2. The van der Waals surface area contributed by atoms with Gasteiger partial charge in [0.15, 0.2) is 0 Å². The van der Waals surface area contributed by atoms with Crippen LogP contribution in [0.5, 0.6) is 0 Å². The number of rotatable bonds is 4. The van der Waals surface area contributed by atoms with Crippen molar-refractivity contribution in [2.24, 2.45) is 0 Å². The second-order valence-corrected chi connectivity index (χ2v) is 4.88. The monoisotopic (exact) mass is 289 g/mol. The Morgan fingerprint density at radius 3 is 2.43 bits per heavy atom. The van der Waals surface area contributed by atoms with Crippen molar-refractivity contribution in [3.63, 3.8) is 0 Å². The van der Waals surface area contributed by atoms with Crippen molar-refractivity contribution in [2.45, 2.75) is 18.9 Å². The minimum Gasteiger partial charge on any atom is -0.367 e. The summed E-state index contributed by atoms with van der Waals surface area (Å²) in [5.41, 5.74) is -0.367. The van der Waals surface area contributed by atoms with Gasteiger partial charge < -0.3 is 10.6 Å². The minimum atomic E-state index is -0.824. The highest BCUT2D eigenvalue weighted by Crippen LogP contribution is 2.24. The first-order valence-corrected chi connectivity index (χ1v) is 6.62. The normalized spacial score (nSPS) is 13.8. The zero-order chi connectivity index (χ0) is 14.8. The van der Waals surface area contributed by atoms with E-state index in [0.717, 1.165) is 25.0 Å². The quantitative estimate of drug-likeness (QED) is 0.909. The molecule has 1 heterocycles. The smallest absolute Gasteiger partial charge is 0.274 e. The minimum absolute atomic E-state index is 0.100. The largest absolute Gasteiger partial charge is 0.367 e. The van der Waals surface area contributed by atoms with Gasteiger partial charge in [-0.15, -0.1) is 0 Å². The molecule has 0 spiro atoms. The van der Waals surface area contributed by atoms with Gasteiger partial charge in [-0.25, -0.2) is 13.8 Å². The van der Waals surface area contributed by atoms with Crippen molar-refractivity contribution in [3.05, 3.63) is 53.7 Å². The summed E-state index contributed by atoms with van der Waals surface area (Å²) in [4.78, 5) is 16.2. The van der Waals surface area contributed by atoms with E-state index in [1.54, 1.807) is 12.1 Å². The van der Waals surface area contributed by atoms with Gasteiger partial charge in [-0.3, -0.25) is 4.79 Å². The Balaban J connectivity index is 1.78. The van der Waals surface area contributed by atoms with E-state index in [-0.39, 0.29) is 5.69 Å². The van der Waals surface area contributed by atoms with Crippen molar-refractivity contribution in [3.8, 4) is 0 Å². The SMILES string of the molecule is O=C(Nc1c(F)cccc1F)c1cccc(NC2CC2)n1. The van der Waals surface area contributed by atoms with Gasteiger partial charge >= 0.3 is 0 Å². The maximum Gasteiger partial charge on any atom is 0.274 e. The summed E-state index contributed by atoms with van der Waals surface area (Å²) in [5.74, 6) is -1.72. The van der Waals surface area contributed by atoms with Crippen LogP contribution in [-0.2, 0) is 0 Å². The molecule has 3 rings (SSSR count). The third-order valence-corrected chi connectivity index (χ3v) is 3.11. The van der Waals surface area contributed by atoms with Crippen molar-refractivity contribution in [1.29, 1.82) is 0 Å². The maximum absolute atomic E-state index is 13.5. The molecule has 1 aromatic heterocycles. The summed E-state index contributed by atoms with van der Waals surface area (Å²) in [6.45, 7) is 0. The van der Waals surface area contributed by atoms with Crippen LogP contribution < -0.4 is 10.6 Å². The molecule has 0 radical (unpaired) electrons. The lowest BCUT2D eigenvalue weighted by Gasteiger charge is -2.08. The molecule has 2 aromatic rings. The Kier molecular flexibility index (Phi) is 3.51. The zero-order valence-electron chi connectivity index (χ0n) is 11.1. The number of pyridine rings is 1. The van der Waals surface area contributed by atoms with Gasteiger partial charge in [-0.1, -0.05) is 12.1 Å². The van der Waals surface area contributed by atoms with E-state index >= 15 is 0 Å². The Bertz CT molecular complexity index is 666. The fourth-order valence-electron chi connectivity index (χ4n) is 1.87. The molecule has 1 aliphatic carbocycles. The Hall–Kier alpha value is -2.50. The van der Waals surface area contributed by atoms with Crippen LogP contribution in [-0.4, -0.2) is 16.9 Å². The molecule has 0 aliphatic heterocycles. The number of amides is 1. The summed E-state index contributed by atoms with van der Waals surface area (Å²) in [7, 11) is 0. The van der Waals surface area contributed by atoms with Gasteiger partial charge in [0.2, 0.25) is 0 Å². The van der Waals surface area contributed by atoms with Gasteiger partial charge in [0, 0.05) is 6.04 Å². The van der Waals surface area contributed by atoms with Crippen molar-refractivity contribution in [1.82, 2.24) is 4.98 Å². The molecule has 1 saturated carbocycles. The fraction of sp³-hybridized carbons (Fsp3) is 0.200. The predicted molar refractivity (Wildman–Crippen MR) is 75.2 cm³/mol. The number of anilines is 2. The molecule has 0 atom stereocenters. The van der Waals surface area contributed by atoms with Gasteiger partial charge in [0.25, 0.3) is 5.91 Å². The van der Waals surface area contributed by atoms with Crippen molar-refractivity contribution in [2.75, 3.05) is 10.6 Å². The summed E-state index contributed by atoms with van der Waals surface area (Å²) < 4.78 is 27.0. The van der Waals surface area contributed by atoms with Gasteiger partial charge in [0.05, 0.1) is 0 Å². The number of aromatic nitrogens is 1. The molecule has 1 aliphatic rings. The molecule has 0 bridgehead atoms. The first-order chi connectivity index (χ1) is 10.1. The third kappa shape index (κ3) is 3.16. The van der Waals surface area contributed by atoms with Crippen LogP contribution in [0.3, 0.4) is 0 Å². The first kappa shape index (κ1) is 13.5. The van der Waals surface area contributed by atoms with Gasteiger partial charge in [-0.05, 0) is 37.1 Å². The number of benzene rings is 1. The van der Waals surface area contributed by atoms with E-state index in [4.69, 9.17) is 0 Å². The predicted octanol–water partition coefficient (Wildman–Crippen LogP) is 3.19. The lowest BCUT2D eigenvalue weighted by Crippen LogP contribution is -2.16. The molecule has 0 unspecified atom stereocenters. The van der Waals surface area contributed by atoms with Crippen LogP contribution in [0.1, 0.15) is 23.3 Å². The highest BCUT2D eigenvalue weighted by Gasteiger charge is 2.21. The van der Waals surface area contributed by atoms with Crippen molar-refractivity contribution >= 4 is 17.4 Å². The molecule has 1 aromatic carbocycles. The maximum atomic E-state index is 13.5. The van der Waals surface area contributed by atoms with E-state index in [0.29, 0.717) is 11.9 Å². The summed E-state index contributed by atoms with van der Waals surface area (Å²) >= 11 is 0. The molecule has 4 nitrogen and oxygen atoms in total. The molecule has 21 heavy (non-hydrogen) atoms. The Labute approximate surface area is 120 Å². The average molecular weight is 289 g/mol. The van der Waals surface area contributed by atoms with Gasteiger partial charge in [-0.2, -0.15) is 0 Å². The number of hydrogen-bond acceptors (Lipinski definition) is 3. The summed E-state index contributed by atoms with van der Waals surface area (Å²) in [6, 6.07) is 8.71. The van der Waals surface area contributed by atoms with Gasteiger partial charge in [0.1, 0.15) is 28.8 Å². The number of carbonyl (C=O) groups excluding carboxylic acids is 1. The lowest BCUT2D eigenvalue weighted by atomic mass is 10.2. The van der Waals surface area contributed by atoms with Crippen molar-refractivity contribution < 1.29 is 13.6 Å². The number of halogens is 2. The summed E-state index contributed by atoms with van der Waals surface area (Å²) in [6.07, 6.45) is 2.16. The highest BCUT2D eigenvalue weighted by molar-refractivity contribution is 6.03. The van der Waals surface area contributed by atoms with Crippen LogP contribution >= 0.6 is 0 Å². The van der Waals surface area contributed by atoms with E-state index in [9.17, 15) is 13.6 Å². The second-order valence-electron chi connectivity index (χ2n) is 4.88. The van der Waals surface area contributed by atoms with Crippen LogP contribution in [0.25, 0.3) is 0 Å². The number of para-hydroxylation sites is 1. The Morgan fingerprint density at radius 1 is 1.10 bits per heavy atom. The molecule has 2 N–H and O–H groups in total. The topological polar surface area (TPSA) is 54.0 Å². The van der Waals surface area contributed by atoms with E-state index < -0.39 is 23.2 Å². The fourth-order valence-corrected chi connectivity index (χ4v) is 1.87. The molecular weight excluding hydrogens is 276 g/mol. The average Bonchev–Trinajstić information content (AvgIpc) is 3.27. The number of carbonyl (C=O) groups is 1. The second kappa shape index (κ2) is 5.47. The molecule has 0 saturated heterocycles. The van der Waals surface area contributed by atoms with E-state index in [2.05, 4.69) is 15.6 Å². The van der Waals surface area contributed by atoms with Crippen LogP contribution in [0.15, 0.2) is 36.4 Å².